The highest BCUT2D eigenvalue weighted by Gasteiger charge is 2.12. The Morgan fingerprint density at radius 1 is 0.923 bits per heavy atom. The summed E-state index contributed by atoms with van der Waals surface area (Å²) in [5.74, 6) is -0.451. The second-order valence-corrected chi connectivity index (χ2v) is 6.48. The third-order valence-corrected chi connectivity index (χ3v) is 4.35. The molecule has 0 saturated heterocycles. The molecule has 2 aromatic rings. The summed E-state index contributed by atoms with van der Waals surface area (Å²) in [7, 11) is 0. The number of hydrogen-bond acceptors (Lipinski definition) is 4. The van der Waals surface area contributed by atoms with Crippen LogP contribution in [0.25, 0.3) is 0 Å². The van der Waals surface area contributed by atoms with Gasteiger partial charge < -0.3 is 9.47 Å². The molecule has 0 saturated carbocycles. The lowest BCUT2D eigenvalue weighted by Gasteiger charge is -2.07. The van der Waals surface area contributed by atoms with E-state index in [9.17, 15) is 9.59 Å². The number of rotatable bonds is 8. The monoisotopic (exact) mass is 374 g/mol. The average molecular weight is 375 g/mol. The van der Waals surface area contributed by atoms with Crippen molar-refractivity contribution in [2.45, 2.75) is 39.5 Å². The fourth-order valence-corrected chi connectivity index (χ4v) is 2.48. The van der Waals surface area contributed by atoms with Gasteiger partial charge in [0, 0.05) is 5.02 Å². The lowest BCUT2D eigenvalue weighted by Crippen LogP contribution is -2.10. The molecule has 138 valence electrons. The van der Waals surface area contributed by atoms with Crippen LogP contribution < -0.4 is 4.74 Å². The zero-order valence-corrected chi connectivity index (χ0v) is 15.8. The summed E-state index contributed by atoms with van der Waals surface area (Å²) >= 11 is 5.96. The van der Waals surface area contributed by atoms with Crippen LogP contribution in [0.1, 0.15) is 58.9 Å². The predicted molar refractivity (Wildman–Crippen MR) is 102 cm³/mol. The summed E-state index contributed by atoms with van der Waals surface area (Å²) < 4.78 is 10.6. The number of aryl methyl sites for hydroxylation is 1. The fourth-order valence-electron chi connectivity index (χ4n) is 2.37. The van der Waals surface area contributed by atoms with Crippen LogP contribution in [0.3, 0.4) is 0 Å². The second kappa shape index (κ2) is 9.97. The quantitative estimate of drug-likeness (QED) is 0.342. The summed E-state index contributed by atoms with van der Waals surface area (Å²) in [5, 5.41) is 0.613. The largest absolute Gasteiger partial charge is 0.462 e. The lowest BCUT2D eigenvalue weighted by molar-refractivity contribution is 0.0497. The van der Waals surface area contributed by atoms with Gasteiger partial charge in [-0.05, 0) is 61.4 Å². The van der Waals surface area contributed by atoms with Crippen molar-refractivity contribution in [3.63, 3.8) is 0 Å². The predicted octanol–water partition coefficient (Wildman–Crippen LogP) is 5.60. The minimum absolute atomic E-state index is 0.358. The van der Waals surface area contributed by atoms with E-state index in [1.54, 1.807) is 42.5 Å². The van der Waals surface area contributed by atoms with E-state index in [2.05, 4.69) is 6.92 Å². The molecule has 26 heavy (non-hydrogen) atoms. The smallest absolute Gasteiger partial charge is 0.343 e. The van der Waals surface area contributed by atoms with Crippen LogP contribution in [0.15, 0.2) is 42.5 Å². The molecule has 0 fully saturated rings. The number of halogens is 1. The average Bonchev–Trinajstić information content (AvgIpc) is 2.64. The topological polar surface area (TPSA) is 52.6 Å². The zero-order chi connectivity index (χ0) is 18.9. The summed E-state index contributed by atoms with van der Waals surface area (Å²) in [6, 6.07) is 11.3. The van der Waals surface area contributed by atoms with Crippen molar-refractivity contribution in [2.24, 2.45) is 0 Å². The van der Waals surface area contributed by atoms with Gasteiger partial charge in [-0.25, -0.2) is 9.59 Å². The molecule has 0 atom stereocenters. The Morgan fingerprint density at radius 2 is 1.58 bits per heavy atom. The molecule has 2 aromatic carbocycles. The minimum Gasteiger partial charge on any atom is -0.462 e. The molecule has 0 unspecified atom stereocenters. The van der Waals surface area contributed by atoms with Gasteiger partial charge in [-0.15, -0.1) is 0 Å². The SMILES string of the molecule is CCCCCCOC(=O)c1ccc(C(=O)Oc2ccc(Cl)c(C)c2)cc1. The first-order valence-corrected chi connectivity index (χ1v) is 9.14. The van der Waals surface area contributed by atoms with Gasteiger partial charge in [0.05, 0.1) is 17.7 Å². The van der Waals surface area contributed by atoms with Crippen molar-refractivity contribution in [3.05, 3.63) is 64.2 Å². The number of unbranched alkanes of at least 4 members (excludes halogenated alkanes) is 3. The van der Waals surface area contributed by atoms with Crippen LogP contribution in [0.5, 0.6) is 5.75 Å². The molecular weight excluding hydrogens is 352 g/mol. The van der Waals surface area contributed by atoms with Crippen LogP contribution >= 0.6 is 11.6 Å². The Hall–Kier alpha value is -2.33. The Labute approximate surface area is 159 Å². The number of hydrogen-bond donors (Lipinski definition) is 0. The van der Waals surface area contributed by atoms with E-state index < -0.39 is 5.97 Å². The highest BCUT2D eigenvalue weighted by molar-refractivity contribution is 6.31. The minimum atomic E-state index is -0.494. The van der Waals surface area contributed by atoms with E-state index in [0.29, 0.717) is 28.5 Å². The van der Waals surface area contributed by atoms with Crippen LogP contribution in [-0.2, 0) is 4.74 Å². The van der Waals surface area contributed by atoms with Crippen LogP contribution in [0, 0.1) is 6.92 Å². The molecule has 0 radical (unpaired) electrons. The van der Waals surface area contributed by atoms with E-state index in [0.717, 1.165) is 31.2 Å². The van der Waals surface area contributed by atoms with Crippen LogP contribution in [0.2, 0.25) is 5.02 Å². The van der Waals surface area contributed by atoms with E-state index >= 15 is 0 Å². The number of carbonyl (C=O) groups is 2. The highest BCUT2D eigenvalue weighted by atomic mass is 35.5. The Morgan fingerprint density at radius 3 is 2.19 bits per heavy atom. The first kappa shape index (κ1) is 20.0. The van der Waals surface area contributed by atoms with Crippen molar-refractivity contribution in [2.75, 3.05) is 6.61 Å². The Kier molecular flexibility index (Phi) is 7.67. The van der Waals surface area contributed by atoms with E-state index in [4.69, 9.17) is 21.1 Å². The molecule has 0 heterocycles. The second-order valence-electron chi connectivity index (χ2n) is 6.07. The van der Waals surface area contributed by atoms with Gasteiger partial charge in [0.25, 0.3) is 0 Å². The van der Waals surface area contributed by atoms with Crippen molar-refractivity contribution >= 4 is 23.5 Å². The maximum Gasteiger partial charge on any atom is 0.343 e. The van der Waals surface area contributed by atoms with Gasteiger partial charge >= 0.3 is 11.9 Å². The van der Waals surface area contributed by atoms with E-state index in [-0.39, 0.29) is 5.97 Å². The Bertz CT molecular complexity index is 753. The van der Waals surface area contributed by atoms with Gasteiger partial charge in [0.2, 0.25) is 0 Å². The third-order valence-electron chi connectivity index (χ3n) is 3.93. The number of esters is 2. The molecular formula is C21H23ClO4. The maximum atomic E-state index is 12.2. The molecule has 2 rings (SSSR count). The first-order valence-electron chi connectivity index (χ1n) is 8.76. The summed E-state index contributed by atoms with van der Waals surface area (Å²) in [5.41, 5.74) is 1.60. The Balaban J connectivity index is 1.90. The van der Waals surface area contributed by atoms with Crippen LogP contribution in [0.4, 0.5) is 0 Å². The van der Waals surface area contributed by atoms with Gasteiger partial charge in [-0.3, -0.25) is 0 Å². The maximum absolute atomic E-state index is 12.2. The first-order chi connectivity index (χ1) is 12.5. The van der Waals surface area contributed by atoms with Crippen LogP contribution in [-0.4, -0.2) is 18.5 Å². The molecule has 0 aliphatic heterocycles. The van der Waals surface area contributed by atoms with Crippen molar-refractivity contribution in [1.29, 1.82) is 0 Å². The van der Waals surface area contributed by atoms with Crippen molar-refractivity contribution in [1.82, 2.24) is 0 Å². The molecule has 0 aliphatic carbocycles. The molecule has 0 aliphatic rings. The van der Waals surface area contributed by atoms with Gasteiger partial charge in [0.15, 0.2) is 0 Å². The number of ether oxygens (including phenoxy) is 2. The standard InChI is InChI=1S/C21H23ClO4/c1-3-4-5-6-13-25-20(23)16-7-9-17(10-8-16)21(24)26-18-11-12-19(22)15(2)14-18/h7-12,14H,3-6,13H2,1-2H3. The lowest BCUT2D eigenvalue weighted by atomic mass is 10.1. The molecule has 0 spiro atoms. The molecule has 0 bridgehead atoms. The van der Waals surface area contributed by atoms with Crippen molar-refractivity contribution in [3.8, 4) is 5.75 Å². The molecule has 0 N–H and O–H groups in total. The third kappa shape index (κ3) is 5.88. The highest BCUT2D eigenvalue weighted by Crippen LogP contribution is 2.22. The molecule has 0 aromatic heterocycles. The fraction of sp³-hybridized carbons (Fsp3) is 0.333. The van der Waals surface area contributed by atoms with Crippen molar-refractivity contribution < 1.29 is 19.1 Å². The molecule has 0 amide bonds. The molecule has 5 heteroatoms. The van der Waals surface area contributed by atoms with Gasteiger partial charge in [0.1, 0.15) is 5.75 Å². The van der Waals surface area contributed by atoms with E-state index in [1.165, 1.54) is 0 Å². The zero-order valence-electron chi connectivity index (χ0n) is 15.1. The number of benzene rings is 2. The summed E-state index contributed by atoms with van der Waals surface area (Å²) in [4.78, 5) is 24.2. The summed E-state index contributed by atoms with van der Waals surface area (Å²) in [6.45, 7) is 4.38. The van der Waals surface area contributed by atoms with Gasteiger partial charge in [-0.2, -0.15) is 0 Å². The van der Waals surface area contributed by atoms with Gasteiger partial charge in [-0.1, -0.05) is 37.8 Å². The normalized spacial score (nSPS) is 10.4. The molecule has 4 nitrogen and oxygen atoms in total. The van der Waals surface area contributed by atoms with E-state index in [1.807, 2.05) is 6.92 Å². The number of carbonyl (C=O) groups excluding carboxylic acids is 2. The summed E-state index contributed by atoms with van der Waals surface area (Å²) in [6.07, 6.45) is 4.20.